The van der Waals surface area contributed by atoms with Gasteiger partial charge in [0.2, 0.25) is 0 Å². The Bertz CT molecular complexity index is 930. The van der Waals surface area contributed by atoms with Crippen LogP contribution in [0.4, 0.5) is 0 Å². The molecule has 2 aliphatic rings. The Kier molecular flexibility index (Phi) is 10.2. The first kappa shape index (κ1) is 25.8. The molecular weight excluding hydrogens is 428 g/mol. The number of ether oxygens (including phenoxy) is 2. The fraction of sp³-hybridized carbons (Fsp3) is 0.440. The van der Waals surface area contributed by atoms with Crippen molar-refractivity contribution in [2.75, 3.05) is 26.5 Å². The maximum absolute atomic E-state index is 11.6. The van der Waals surface area contributed by atoms with Crippen molar-refractivity contribution in [1.82, 2.24) is 4.90 Å². The molecule has 1 unspecified atom stereocenters. The van der Waals surface area contributed by atoms with Crippen molar-refractivity contribution in [3.05, 3.63) is 47.0 Å². The molecule has 0 amide bonds. The van der Waals surface area contributed by atoms with Gasteiger partial charge in [-0.3, -0.25) is 14.5 Å². The summed E-state index contributed by atoms with van der Waals surface area (Å²) in [4.78, 5) is 24.9. The van der Waals surface area contributed by atoms with Gasteiger partial charge in [-0.2, -0.15) is 0 Å². The number of carbonyl (C=O) groups is 2. The van der Waals surface area contributed by atoms with Crippen molar-refractivity contribution in [2.45, 2.75) is 45.6 Å². The number of esters is 1. The number of fused-ring (bicyclic) bond motifs is 2. The van der Waals surface area contributed by atoms with E-state index in [2.05, 4.69) is 42.6 Å². The average molecular weight is 461 g/mol. The van der Waals surface area contributed by atoms with Gasteiger partial charge in [0.1, 0.15) is 0 Å². The largest absolute Gasteiger partial charge is 0.425 e. The molecule has 1 aliphatic heterocycles. The van der Waals surface area contributed by atoms with Crippen molar-refractivity contribution in [1.29, 1.82) is 0 Å². The molecular formula is C25H33ClN2O4. The quantitative estimate of drug-likeness (QED) is 0.306. The van der Waals surface area contributed by atoms with E-state index in [0.717, 1.165) is 42.6 Å². The van der Waals surface area contributed by atoms with Gasteiger partial charge in [-0.25, -0.2) is 0 Å². The highest BCUT2D eigenvalue weighted by atomic mass is 35.5. The van der Waals surface area contributed by atoms with Gasteiger partial charge in [-0.05, 0) is 61.2 Å². The number of hydrogen-bond donors (Lipinski definition) is 1. The van der Waals surface area contributed by atoms with Crippen LogP contribution in [0.1, 0.15) is 49.4 Å². The molecule has 1 aliphatic carbocycles. The van der Waals surface area contributed by atoms with Gasteiger partial charge < -0.3 is 15.2 Å². The standard InChI is InChI=1S/C20H19NO4.C4H11N.CH3Cl/c1-12(23)25-20-17(24-11-22)7-6-14-10-16-18-13(8-9-21(16)2)4-3-5-15(18)19(14)20;1-2-3-4-5;1-2/h3-7,11,16H,8-10H2,1-2H3;2-5H2,1H3;1H3. The minimum Gasteiger partial charge on any atom is -0.425 e. The minimum absolute atomic E-state index is 0.268. The van der Waals surface area contributed by atoms with Gasteiger partial charge in [-0.15, -0.1) is 11.6 Å². The number of carbonyl (C=O) groups excluding carboxylic acids is 2. The van der Waals surface area contributed by atoms with Gasteiger partial charge in [0, 0.05) is 31.5 Å². The normalized spacial score (nSPS) is 15.6. The van der Waals surface area contributed by atoms with Gasteiger partial charge in [-0.1, -0.05) is 37.6 Å². The van der Waals surface area contributed by atoms with Crippen LogP contribution in [0.25, 0.3) is 11.1 Å². The van der Waals surface area contributed by atoms with Crippen LogP contribution in [0.3, 0.4) is 0 Å². The molecule has 0 radical (unpaired) electrons. The number of nitrogens with two attached hydrogens (primary N) is 1. The third-order valence-corrected chi connectivity index (χ3v) is 5.66. The van der Waals surface area contributed by atoms with Crippen molar-refractivity contribution in [3.8, 4) is 22.6 Å². The molecule has 0 fully saturated rings. The van der Waals surface area contributed by atoms with Crippen molar-refractivity contribution < 1.29 is 19.1 Å². The molecule has 4 rings (SSSR count). The third kappa shape index (κ3) is 5.68. The van der Waals surface area contributed by atoms with Crippen molar-refractivity contribution in [2.24, 2.45) is 5.73 Å². The van der Waals surface area contributed by atoms with E-state index in [-0.39, 0.29) is 5.75 Å². The number of unbranched alkanes of at least 4 members (excludes halogenated alkanes) is 1. The second kappa shape index (κ2) is 12.6. The molecule has 0 saturated carbocycles. The number of halogens is 1. The molecule has 0 saturated heterocycles. The van der Waals surface area contributed by atoms with Gasteiger partial charge in [0.25, 0.3) is 6.47 Å². The van der Waals surface area contributed by atoms with E-state index in [4.69, 9.17) is 15.2 Å². The average Bonchev–Trinajstić information content (AvgIpc) is 2.80. The summed E-state index contributed by atoms with van der Waals surface area (Å²) in [6.07, 6.45) is 5.70. The Hall–Kier alpha value is -2.41. The maximum Gasteiger partial charge on any atom is 0.308 e. The molecule has 174 valence electrons. The maximum atomic E-state index is 11.6. The Morgan fingerprint density at radius 1 is 1.25 bits per heavy atom. The van der Waals surface area contributed by atoms with E-state index >= 15 is 0 Å². The van der Waals surface area contributed by atoms with E-state index in [1.165, 1.54) is 37.3 Å². The molecule has 1 atom stereocenters. The zero-order chi connectivity index (χ0) is 23.7. The van der Waals surface area contributed by atoms with Gasteiger partial charge in [0.15, 0.2) is 11.5 Å². The SMILES string of the molecule is CC(=O)Oc1c(OC=O)ccc2c1-c1cccc3c1C(C2)N(C)CC3.CCCCN.CCl. The summed E-state index contributed by atoms with van der Waals surface area (Å²) >= 11 is 4.64. The molecule has 32 heavy (non-hydrogen) atoms. The molecule has 2 aromatic rings. The van der Waals surface area contributed by atoms with Crippen molar-refractivity contribution >= 4 is 24.0 Å². The molecule has 0 spiro atoms. The van der Waals surface area contributed by atoms with E-state index in [1.807, 2.05) is 12.1 Å². The first-order chi connectivity index (χ1) is 15.5. The second-order valence-corrected chi connectivity index (χ2v) is 7.71. The summed E-state index contributed by atoms with van der Waals surface area (Å²) in [5.74, 6) is 0.162. The summed E-state index contributed by atoms with van der Waals surface area (Å²) in [5, 5.41) is 0. The first-order valence-corrected chi connectivity index (χ1v) is 11.6. The van der Waals surface area contributed by atoms with E-state index in [9.17, 15) is 9.59 Å². The van der Waals surface area contributed by atoms with Crippen LogP contribution in [0.2, 0.25) is 0 Å². The molecule has 2 aromatic carbocycles. The lowest BCUT2D eigenvalue weighted by Crippen LogP contribution is -2.35. The molecule has 0 bridgehead atoms. The van der Waals surface area contributed by atoms with Gasteiger partial charge in [0.05, 0.1) is 0 Å². The highest BCUT2D eigenvalue weighted by Crippen LogP contribution is 2.50. The lowest BCUT2D eigenvalue weighted by Gasteiger charge is -2.40. The Morgan fingerprint density at radius 3 is 2.59 bits per heavy atom. The minimum atomic E-state index is -0.437. The zero-order valence-corrected chi connectivity index (χ0v) is 20.1. The van der Waals surface area contributed by atoms with Crippen LogP contribution in [0.15, 0.2) is 30.3 Å². The van der Waals surface area contributed by atoms with Crippen LogP contribution in [0, 0.1) is 0 Å². The molecule has 2 N–H and O–H groups in total. The number of likely N-dealkylation sites (N-methyl/N-ethyl adjacent to an activating group) is 1. The molecule has 6 nitrogen and oxygen atoms in total. The second-order valence-electron chi connectivity index (χ2n) is 7.71. The Balaban J connectivity index is 0.000000460. The van der Waals surface area contributed by atoms with Crippen molar-refractivity contribution in [3.63, 3.8) is 0 Å². The third-order valence-electron chi connectivity index (χ3n) is 5.66. The summed E-state index contributed by atoms with van der Waals surface area (Å²) in [7, 11) is 2.15. The fourth-order valence-electron chi connectivity index (χ4n) is 4.25. The predicted octanol–water partition coefficient (Wildman–Crippen LogP) is 4.50. The van der Waals surface area contributed by atoms with E-state index < -0.39 is 5.97 Å². The first-order valence-electron chi connectivity index (χ1n) is 10.9. The summed E-state index contributed by atoms with van der Waals surface area (Å²) in [6, 6.07) is 10.2. The van der Waals surface area contributed by atoms with Gasteiger partial charge >= 0.3 is 5.97 Å². The summed E-state index contributed by atoms with van der Waals surface area (Å²) in [6.45, 7) is 5.71. The highest BCUT2D eigenvalue weighted by molar-refractivity contribution is 6.15. The zero-order valence-electron chi connectivity index (χ0n) is 19.3. The van der Waals surface area contributed by atoms with Crippen LogP contribution in [0.5, 0.6) is 11.5 Å². The lowest BCUT2D eigenvalue weighted by atomic mass is 9.77. The number of nitrogens with zero attached hydrogens (tertiary/aromatic N) is 1. The van der Waals surface area contributed by atoms with Crippen LogP contribution < -0.4 is 15.2 Å². The molecule has 1 heterocycles. The van der Waals surface area contributed by atoms with Crippen LogP contribution >= 0.6 is 11.6 Å². The number of hydrogen-bond acceptors (Lipinski definition) is 6. The number of alkyl halides is 1. The Labute approximate surface area is 195 Å². The monoisotopic (exact) mass is 460 g/mol. The fourth-order valence-corrected chi connectivity index (χ4v) is 4.25. The lowest BCUT2D eigenvalue weighted by molar-refractivity contribution is -0.132. The van der Waals surface area contributed by atoms with E-state index in [1.54, 1.807) is 6.07 Å². The van der Waals surface area contributed by atoms with Crippen LogP contribution in [-0.2, 0) is 22.4 Å². The highest BCUT2D eigenvalue weighted by Gasteiger charge is 2.35. The smallest absolute Gasteiger partial charge is 0.308 e. The molecule has 0 aromatic heterocycles. The Morgan fingerprint density at radius 2 is 2.00 bits per heavy atom. The van der Waals surface area contributed by atoms with Crippen LogP contribution in [-0.4, -0.2) is 43.9 Å². The topological polar surface area (TPSA) is 81.9 Å². The summed E-state index contributed by atoms with van der Waals surface area (Å²) in [5.41, 5.74) is 10.8. The van der Waals surface area contributed by atoms with E-state index in [0.29, 0.717) is 18.3 Å². The predicted molar refractivity (Wildman–Crippen MR) is 128 cm³/mol. The summed E-state index contributed by atoms with van der Waals surface area (Å²) < 4.78 is 10.5. The molecule has 7 heteroatoms. The number of rotatable bonds is 5. The number of benzene rings is 2.